The molecule has 2 aliphatic heterocycles. The molecule has 1 aromatic heterocycles. The Morgan fingerprint density at radius 3 is 2.43 bits per heavy atom. The molecule has 0 radical (unpaired) electrons. The normalized spacial score (nSPS) is 21.7. The van der Waals surface area contributed by atoms with Gasteiger partial charge in [-0.3, -0.25) is 14.4 Å². The van der Waals surface area contributed by atoms with Gasteiger partial charge in [0.2, 0.25) is 5.91 Å². The number of halogens is 2. The number of imide groups is 1. The lowest BCUT2D eigenvalue weighted by molar-refractivity contribution is -0.126. The van der Waals surface area contributed by atoms with Crippen LogP contribution in [0, 0.1) is 12.8 Å². The van der Waals surface area contributed by atoms with Crippen LogP contribution in [-0.4, -0.2) is 22.9 Å². The highest BCUT2D eigenvalue weighted by Crippen LogP contribution is 2.49. The summed E-state index contributed by atoms with van der Waals surface area (Å²) in [4.78, 5) is 39.4. The molecule has 4 aromatic rings. The predicted octanol–water partition coefficient (Wildman–Crippen LogP) is 5.90. The number of carbonyl (C=O) groups excluding carboxylic acids is 2. The van der Waals surface area contributed by atoms with Crippen molar-refractivity contribution in [2.75, 3.05) is 9.96 Å². The highest BCUT2D eigenvalue weighted by atomic mass is 35.5. The van der Waals surface area contributed by atoms with E-state index in [2.05, 4.69) is 4.98 Å². The number of para-hydroxylation sites is 2. The molecule has 2 aliphatic rings. The average Bonchev–Trinajstić information content (AvgIpc) is 3.37. The Bertz CT molecular complexity index is 1490. The van der Waals surface area contributed by atoms with Crippen LogP contribution in [0.1, 0.15) is 17.2 Å². The van der Waals surface area contributed by atoms with Gasteiger partial charge in [-0.25, -0.2) is 14.9 Å². The molecule has 0 spiro atoms. The highest BCUT2D eigenvalue weighted by Gasteiger charge is 2.61. The average molecular weight is 504 g/mol. The summed E-state index contributed by atoms with van der Waals surface area (Å²) in [5.41, 5.74) is 3.18. The monoisotopic (exact) mass is 503 g/mol. The molecule has 2 saturated heterocycles. The molecule has 3 atom stereocenters. The van der Waals surface area contributed by atoms with Crippen molar-refractivity contribution >= 4 is 57.3 Å². The summed E-state index contributed by atoms with van der Waals surface area (Å²) >= 11 is 13.0. The molecule has 0 unspecified atom stereocenters. The van der Waals surface area contributed by atoms with Gasteiger partial charge in [-0.2, -0.15) is 0 Å². The standard InChI is InChI=1S/C27H19Cl2N3O3/c1-15-19(28)11-7-13-21(15)31-26(33)22-23(18-14-16-8-5-6-12-20(16)30-25(18)29)32(35-24(22)27(31)34)17-9-3-2-4-10-17/h2-14,22-24H,1H3/t22-,23-,24-/m0/s1. The summed E-state index contributed by atoms with van der Waals surface area (Å²) in [6.07, 6.45) is -1.01. The van der Waals surface area contributed by atoms with E-state index < -0.39 is 24.0 Å². The minimum atomic E-state index is -1.01. The maximum atomic E-state index is 13.9. The molecule has 0 N–H and O–H groups in total. The molecule has 6 nitrogen and oxygen atoms in total. The smallest absolute Gasteiger partial charge is 0.266 e. The minimum absolute atomic E-state index is 0.261. The molecule has 3 heterocycles. The molecule has 0 aliphatic carbocycles. The Morgan fingerprint density at radius 1 is 0.886 bits per heavy atom. The van der Waals surface area contributed by atoms with Crippen molar-refractivity contribution in [3.63, 3.8) is 0 Å². The lowest BCUT2D eigenvalue weighted by atomic mass is 9.90. The van der Waals surface area contributed by atoms with Crippen molar-refractivity contribution in [1.82, 2.24) is 4.98 Å². The summed E-state index contributed by atoms with van der Waals surface area (Å²) in [5.74, 6) is -1.61. The third kappa shape index (κ3) is 3.40. The molecule has 35 heavy (non-hydrogen) atoms. The van der Waals surface area contributed by atoms with E-state index in [-0.39, 0.29) is 11.1 Å². The van der Waals surface area contributed by atoms with Crippen LogP contribution in [0.3, 0.4) is 0 Å². The van der Waals surface area contributed by atoms with E-state index in [1.54, 1.807) is 30.2 Å². The lowest BCUT2D eigenvalue weighted by Crippen LogP contribution is -2.37. The van der Waals surface area contributed by atoms with Crippen LogP contribution in [-0.2, 0) is 14.4 Å². The largest absolute Gasteiger partial charge is 0.273 e. The first-order valence-corrected chi connectivity index (χ1v) is 11.9. The topological polar surface area (TPSA) is 62.7 Å². The van der Waals surface area contributed by atoms with Crippen molar-refractivity contribution in [2.24, 2.45) is 5.92 Å². The number of benzene rings is 3. The van der Waals surface area contributed by atoms with Gasteiger partial charge in [0.15, 0.2) is 6.10 Å². The van der Waals surface area contributed by atoms with Gasteiger partial charge in [0.25, 0.3) is 5.91 Å². The molecule has 8 heteroatoms. The van der Waals surface area contributed by atoms with E-state index in [1.807, 2.05) is 60.7 Å². The molecule has 2 amide bonds. The summed E-state index contributed by atoms with van der Waals surface area (Å²) in [6.45, 7) is 1.78. The maximum Gasteiger partial charge on any atom is 0.266 e. The number of aromatic nitrogens is 1. The highest BCUT2D eigenvalue weighted by molar-refractivity contribution is 6.33. The molecule has 0 saturated carbocycles. The fourth-order valence-corrected chi connectivity index (χ4v) is 5.35. The number of hydroxylamine groups is 1. The summed E-state index contributed by atoms with van der Waals surface area (Å²) in [7, 11) is 0. The maximum absolute atomic E-state index is 13.9. The second-order valence-corrected chi connectivity index (χ2v) is 9.38. The number of pyridine rings is 1. The van der Waals surface area contributed by atoms with Gasteiger partial charge in [-0.1, -0.05) is 65.7 Å². The Morgan fingerprint density at radius 2 is 1.63 bits per heavy atom. The SMILES string of the molecule is Cc1c(Cl)cccc1N1C(=O)[C@@H]2[C@H](ON(c3ccccc3)[C@H]2c2cc3ccccc3nc2Cl)C1=O. The number of rotatable bonds is 3. The molecule has 174 valence electrons. The number of fused-ring (bicyclic) bond motifs is 2. The molecular weight excluding hydrogens is 485 g/mol. The zero-order valence-corrected chi connectivity index (χ0v) is 20.1. The van der Waals surface area contributed by atoms with E-state index in [9.17, 15) is 9.59 Å². The number of nitrogens with zero attached hydrogens (tertiary/aromatic N) is 3. The van der Waals surface area contributed by atoms with E-state index in [0.717, 1.165) is 10.9 Å². The summed E-state index contributed by atoms with van der Waals surface area (Å²) < 4.78 is 0. The molecule has 6 rings (SSSR count). The van der Waals surface area contributed by atoms with Crippen LogP contribution in [0.15, 0.2) is 78.9 Å². The fraction of sp³-hybridized carbons (Fsp3) is 0.148. The summed E-state index contributed by atoms with van der Waals surface area (Å²) in [6, 6.07) is 23.4. The number of anilines is 2. The Balaban J connectivity index is 1.51. The number of carbonyl (C=O) groups is 2. The second kappa shape index (κ2) is 8.34. The van der Waals surface area contributed by atoms with Gasteiger partial charge in [0.1, 0.15) is 11.1 Å². The van der Waals surface area contributed by atoms with Crippen molar-refractivity contribution in [2.45, 2.75) is 19.1 Å². The van der Waals surface area contributed by atoms with E-state index in [4.69, 9.17) is 28.0 Å². The van der Waals surface area contributed by atoms with Crippen molar-refractivity contribution in [1.29, 1.82) is 0 Å². The summed E-state index contributed by atoms with van der Waals surface area (Å²) in [5, 5.41) is 3.23. The Kier molecular flexibility index (Phi) is 5.25. The predicted molar refractivity (Wildman–Crippen MR) is 135 cm³/mol. The van der Waals surface area contributed by atoms with Gasteiger partial charge in [0.05, 0.1) is 22.9 Å². The van der Waals surface area contributed by atoms with Gasteiger partial charge in [-0.15, -0.1) is 0 Å². The van der Waals surface area contributed by atoms with Gasteiger partial charge >= 0.3 is 0 Å². The van der Waals surface area contributed by atoms with Gasteiger partial charge in [-0.05, 0) is 48.9 Å². The molecule has 3 aromatic carbocycles. The van der Waals surface area contributed by atoms with E-state index in [0.29, 0.717) is 27.5 Å². The molecule has 0 bridgehead atoms. The van der Waals surface area contributed by atoms with Crippen LogP contribution in [0.4, 0.5) is 11.4 Å². The lowest BCUT2D eigenvalue weighted by Gasteiger charge is -2.29. The zero-order chi connectivity index (χ0) is 24.3. The number of hydrogen-bond acceptors (Lipinski definition) is 5. The van der Waals surface area contributed by atoms with Crippen LogP contribution in [0.25, 0.3) is 10.9 Å². The van der Waals surface area contributed by atoms with Crippen LogP contribution < -0.4 is 9.96 Å². The molecular formula is C27H19Cl2N3O3. The van der Waals surface area contributed by atoms with Crippen molar-refractivity contribution < 1.29 is 14.4 Å². The zero-order valence-electron chi connectivity index (χ0n) is 18.6. The van der Waals surface area contributed by atoms with Gasteiger partial charge < -0.3 is 0 Å². The second-order valence-electron chi connectivity index (χ2n) is 8.61. The third-order valence-corrected chi connectivity index (χ3v) is 7.34. The first-order valence-electron chi connectivity index (χ1n) is 11.1. The van der Waals surface area contributed by atoms with E-state index in [1.165, 1.54) is 4.90 Å². The minimum Gasteiger partial charge on any atom is -0.273 e. The Labute approximate surface area is 211 Å². The first kappa shape index (κ1) is 22.0. The van der Waals surface area contributed by atoms with E-state index >= 15 is 0 Å². The number of amides is 2. The Hall–Kier alpha value is -3.45. The fourth-order valence-electron chi connectivity index (χ4n) is 4.92. The van der Waals surface area contributed by atoms with Crippen LogP contribution >= 0.6 is 23.2 Å². The quantitative estimate of drug-likeness (QED) is 0.257. The molecule has 2 fully saturated rings. The van der Waals surface area contributed by atoms with Crippen LogP contribution in [0.5, 0.6) is 0 Å². The van der Waals surface area contributed by atoms with Crippen molar-refractivity contribution in [3.05, 3.63) is 100 Å². The van der Waals surface area contributed by atoms with Crippen LogP contribution in [0.2, 0.25) is 10.2 Å². The number of hydrogen-bond donors (Lipinski definition) is 0. The van der Waals surface area contributed by atoms with Crippen molar-refractivity contribution in [3.8, 4) is 0 Å². The van der Waals surface area contributed by atoms with Gasteiger partial charge in [0, 0.05) is 16.0 Å². The first-order chi connectivity index (χ1) is 17.0. The third-order valence-electron chi connectivity index (χ3n) is 6.63.